The molecule has 0 radical (unpaired) electrons. The van der Waals surface area contributed by atoms with Crippen LogP contribution >= 0.6 is 7.82 Å². The predicted molar refractivity (Wildman–Crippen MR) is 296 cm³/mol. The van der Waals surface area contributed by atoms with E-state index in [1.54, 1.807) is 60.7 Å². The van der Waals surface area contributed by atoms with Gasteiger partial charge in [0.05, 0.1) is 37.7 Å². The van der Waals surface area contributed by atoms with Crippen molar-refractivity contribution in [2.75, 3.05) is 19.8 Å². The molecular weight excluding hydrogens is 958 g/mol. The van der Waals surface area contributed by atoms with Gasteiger partial charge in [0.15, 0.2) is 6.10 Å². The highest BCUT2D eigenvalue weighted by molar-refractivity contribution is 7.49. The Labute approximate surface area is 447 Å². The van der Waals surface area contributed by atoms with Crippen LogP contribution in [0.15, 0.2) is 60.7 Å². The molecule has 0 aliphatic carbocycles. The molecule has 3 rings (SSSR count). The number of aliphatic hydroxyl groups is 1. The number of para-hydroxylation sites is 2. The Hall–Kier alpha value is -3.48. The van der Waals surface area contributed by atoms with Gasteiger partial charge in [-0.25, -0.2) is 9.36 Å². The molecule has 3 N–H and O–H groups in total. The van der Waals surface area contributed by atoms with Crippen LogP contribution in [0.3, 0.4) is 0 Å². The maximum atomic E-state index is 15.1. The van der Waals surface area contributed by atoms with Crippen molar-refractivity contribution in [1.29, 1.82) is 0 Å². The number of phosphoric ester groups is 1. The second-order valence-electron chi connectivity index (χ2n) is 20.8. The Morgan fingerprint density at radius 2 is 1.00 bits per heavy atom. The second kappa shape index (κ2) is 41.7. The molecule has 1 aliphatic heterocycles. The highest BCUT2D eigenvalue weighted by Gasteiger charge is 2.50. The summed E-state index contributed by atoms with van der Waals surface area (Å²) in [7, 11) is -4.71. The number of hydrogen-bond acceptors (Lipinski definition) is 11. The van der Waals surface area contributed by atoms with Crippen molar-refractivity contribution >= 4 is 25.7 Å². The summed E-state index contributed by atoms with van der Waals surface area (Å²) in [6.07, 6.45) is 30.3. The highest BCUT2D eigenvalue weighted by atomic mass is 31.2. The van der Waals surface area contributed by atoms with Crippen molar-refractivity contribution in [2.45, 2.75) is 263 Å². The van der Waals surface area contributed by atoms with Crippen LogP contribution in [0, 0.1) is 5.92 Å². The Bertz CT molecular complexity index is 1680. The third-order valence-corrected chi connectivity index (χ3v) is 15.4. The lowest BCUT2D eigenvalue weighted by atomic mass is 9.93. The standard InChI is InChI=1S/C60H100NO12P/c1-4-7-10-13-16-19-22-24-27-32-39-50(40-33-28-25-23-20-17-14-11-8-5-2)60(66)70-58-54(61-56(63)46-51(62)41-34-29-26-21-18-15-12-9-6-3)47-69-55(48-68-49-57(64)65)59(58)73-74(67,71-52-42-35-30-36-43-52)72-53-44-37-31-38-45-53/h30-31,35-38,42-45,50-51,54-55,58-59,62H,4-29,32-34,39-41,46-49H2,1-3H3,(H,61,63)(H,64,65)/t51-,54+,55-,58-,59-/m1/s1. The molecule has 14 heteroatoms. The number of carbonyl (C=O) groups is 3. The number of carboxylic acids is 1. The molecule has 1 amide bonds. The van der Waals surface area contributed by atoms with Crippen LogP contribution in [0.5, 0.6) is 11.5 Å². The summed E-state index contributed by atoms with van der Waals surface area (Å²) in [6.45, 7) is 5.50. The first kappa shape index (κ1) is 64.8. The lowest BCUT2D eigenvalue weighted by Gasteiger charge is -2.42. The van der Waals surface area contributed by atoms with E-state index >= 15 is 4.57 Å². The zero-order valence-electron chi connectivity index (χ0n) is 46.1. The van der Waals surface area contributed by atoms with E-state index in [4.69, 9.17) is 27.8 Å². The summed E-state index contributed by atoms with van der Waals surface area (Å²) >= 11 is 0. The summed E-state index contributed by atoms with van der Waals surface area (Å²) in [5, 5.41) is 23.6. The number of carbonyl (C=O) groups excluding carboxylic acids is 2. The van der Waals surface area contributed by atoms with Crippen LogP contribution in [-0.4, -0.2) is 78.3 Å². The van der Waals surface area contributed by atoms with Crippen molar-refractivity contribution in [1.82, 2.24) is 5.32 Å². The molecule has 0 unspecified atom stereocenters. The zero-order chi connectivity index (χ0) is 53.3. The van der Waals surface area contributed by atoms with E-state index in [0.717, 1.165) is 77.0 Å². The lowest BCUT2D eigenvalue weighted by Crippen LogP contribution is -2.62. The van der Waals surface area contributed by atoms with E-state index in [2.05, 4.69) is 26.1 Å². The van der Waals surface area contributed by atoms with E-state index in [1.165, 1.54) is 109 Å². The number of ether oxygens (including phenoxy) is 3. The molecule has 13 nitrogen and oxygen atoms in total. The first-order valence-electron chi connectivity index (χ1n) is 29.4. The van der Waals surface area contributed by atoms with E-state index in [1.807, 2.05) is 0 Å². The SMILES string of the molecule is CCCCCCCCCCCCC(CCCCCCCCCCCC)C(=O)O[C@H]1[C@H](OP(=O)(Oc2ccccc2)Oc2ccccc2)[C@@H](COCC(=O)O)OC[C@@H]1NC(=O)C[C@H](O)CCCCCCCCCCC. The van der Waals surface area contributed by atoms with Crippen molar-refractivity contribution in [3.63, 3.8) is 0 Å². The number of aliphatic carboxylic acids is 1. The summed E-state index contributed by atoms with van der Waals surface area (Å²) < 4.78 is 52.1. The molecule has 5 atom stereocenters. The second-order valence-corrected chi connectivity index (χ2v) is 22.3. The van der Waals surface area contributed by atoms with Gasteiger partial charge in [-0.05, 0) is 43.5 Å². The average Bonchev–Trinajstić information content (AvgIpc) is 3.38. The lowest BCUT2D eigenvalue weighted by molar-refractivity contribution is -0.194. The summed E-state index contributed by atoms with van der Waals surface area (Å²) in [6, 6.07) is 15.8. The van der Waals surface area contributed by atoms with Gasteiger partial charge in [-0.3, -0.25) is 14.1 Å². The van der Waals surface area contributed by atoms with Crippen LogP contribution in [-0.2, 0) is 37.7 Å². The Kier molecular flexibility index (Phi) is 36.5. The van der Waals surface area contributed by atoms with E-state index in [9.17, 15) is 24.6 Å². The third kappa shape index (κ3) is 30.3. The molecule has 2 aromatic carbocycles. The number of nitrogens with one attached hydrogen (secondary N) is 1. The third-order valence-electron chi connectivity index (χ3n) is 14.1. The number of benzene rings is 2. The van der Waals surface area contributed by atoms with Crippen LogP contribution in [0.2, 0.25) is 0 Å². The van der Waals surface area contributed by atoms with Gasteiger partial charge in [-0.2, -0.15) is 0 Å². The number of rotatable bonds is 47. The summed E-state index contributed by atoms with van der Waals surface area (Å²) in [5.41, 5.74) is 0. The number of carboxylic acid groups (broad SMARTS) is 1. The van der Waals surface area contributed by atoms with Crippen LogP contribution in [0.4, 0.5) is 0 Å². The van der Waals surface area contributed by atoms with E-state index in [-0.39, 0.29) is 31.1 Å². The first-order valence-corrected chi connectivity index (χ1v) is 30.9. The van der Waals surface area contributed by atoms with Crippen LogP contribution < -0.4 is 14.4 Å². The molecule has 0 bridgehead atoms. The molecule has 1 saturated heterocycles. The first-order chi connectivity index (χ1) is 36.1. The Morgan fingerprint density at radius 3 is 1.42 bits per heavy atom. The molecule has 1 fully saturated rings. The van der Waals surface area contributed by atoms with Crippen molar-refractivity contribution in [3.05, 3.63) is 60.7 Å². The predicted octanol–water partition coefficient (Wildman–Crippen LogP) is 15.4. The normalized spacial score (nSPS) is 17.3. The minimum Gasteiger partial charge on any atom is -0.480 e. The van der Waals surface area contributed by atoms with E-state index in [0.29, 0.717) is 19.3 Å². The molecule has 0 spiro atoms. The maximum absolute atomic E-state index is 15.1. The van der Waals surface area contributed by atoms with Crippen molar-refractivity contribution in [2.24, 2.45) is 5.92 Å². The molecule has 0 saturated carbocycles. The van der Waals surface area contributed by atoms with Crippen LogP contribution in [0.1, 0.15) is 233 Å². The quantitative estimate of drug-likeness (QED) is 0.0325. The smallest absolute Gasteiger partial charge is 0.480 e. The number of aliphatic hydroxyl groups excluding tert-OH is 1. The Morgan fingerprint density at radius 1 is 0.595 bits per heavy atom. The highest BCUT2D eigenvalue weighted by Crippen LogP contribution is 2.52. The van der Waals surface area contributed by atoms with Crippen LogP contribution in [0.25, 0.3) is 0 Å². The van der Waals surface area contributed by atoms with Gasteiger partial charge in [0, 0.05) is 0 Å². The molecule has 0 aromatic heterocycles. The number of phosphoric acid groups is 1. The molecule has 1 heterocycles. The minimum atomic E-state index is -4.71. The van der Waals surface area contributed by atoms with Crippen molar-refractivity contribution in [3.8, 4) is 11.5 Å². The number of esters is 1. The molecule has 74 heavy (non-hydrogen) atoms. The van der Waals surface area contributed by atoms with Gasteiger partial charge in [-0.15, -0.1) is 0 Å². The molecular formula is C60H100NO12P. The molecule has 2 aromatic rings. The fraction of sp³-hybridized carbons (Fsp3) is 0.750. The fourth-order valence-electron chi connectivity index (χ4n) is 9.73. The zero-order valence-corrected chi connectivity index (χ0v) is 47.0. The monoisotopic (exact) mass is 1060 g/mol. The number of hydrogen-bond donors (Lipinski definition) is 3. The van der Waals surface area contributed by atoms with Gasteiger partial charge in [0.1, 0.15) is 30.3 Å². The maximum Gasteiger partial charge on any atom is 0.588 e. The minimum absolute atomic E-state index is 0.176. The van der Waals surface area contributed by atoms with Gasteiger partial charge in [0.2, 0.25) is 5.91 Å². The van der Waals surface area contributed by atoms with E-state index < -0.39 is 68.7 Å². The number of amides is 1. The average molecular weight is 1060 g/mol. The van der Waals surface area contributed by atoms with Gasteiger partial charge in [0.25, 0.3) is 0 Å². The Balaban J connectivity index is 1.90. The molecule has 1 aliphatic rings. The number of unbranched alkanes of at least 4 members (excludes halogenated alkanes) is 26. The fourth-order valence-corrected chi connectivity index (χ4v) is 11.2. The molecule has 422 valence electrons. The summed E-state index contributed by atoms with van der Waals surface area (Å²) in [5.74, 6) is -2.25. The topological polar surface area (TPSA) is 176 Å². The largest absolute Gasteiger partial charge is 0.588 e. The van der Waals surface area contributed by atoms with Crippen molar-refractivity contribution < 1.29 is 56.9 Å². The van der Waals surface area contributed by atoms with Gasteiger partial charge >= 0.3 is 19.8 Å². The van der Waals surface area contributed by atoms with Gasteiger partial charge in [-0.1, -0.05) is 243 Å². The summed E-state index contributed by atoms with van der Waals surface area (Å²) in [4.78, 5) is 40.4. The van der Waals surface area contributed by atoms with Gasteiger partial charge < -0.3 is 38.8 Å².